The van der Waals surface area contributed by atoms with Crippen LogP contribution in [-0.2, 0) is 5.41 Å². The number of fused-ring (bicyclic) bond motifs is 3. The fourth-order valence-corrected chi connectivity index (χ4v) is 3.72. The minimum absolute atomic E-state index is 0.0260. The quantitative estimate of drug-likeness (QED) is 0.428. The van der Waals surface area contributed by atoms with Gasteiger partial charge in [-0.05, 0) is 50.1 Å². The first-order chi connectivity index (χ1) is 9.98. The zero-order chi connectivity index (χ0) is 14.8. The molecule has 0 aliphatic heterocycles. The van der Waals surface area contributed by atoms with Crippen molar-refractivity contribution < 1.29 is 0 Å². The first kappa shape index (κ1) is 12.5. The van der Waals surface area contributed by atoms with Gasteiger partial charge in [-0.1, -0.05) is 63.2 Å². The number of anilines is 1. The van der Waals surface area contributed by atoms with Gasteiger partial charge in [0.2, 0.25) is 0 Å². The molecule has 0 atom stereocenters. The Bertz CT molecular complexity index is 882. The predicted octanol–water partition coefficient (Wildman–Crippen LogP) is 5.37. The summed E-state index contributed by atoms with van der Waals surface area (Å²) >= 11 is 0. The highest BCUT2D eigenvalue weighted by Gasteiger charge is 2.29. The molecule has 0 saturated carbocycles. The van der Waals surface area contributed by atoms with Gasteiger partial charge in [-0.3, -0.25) is 0 Å². The molecule has 0 radical (unpaired) electrons. The van der Waals surface area contributed by atoms with Gasteiger partial charge in [0.05, 0.1) is 0 Å². The summed E-state index contributed by atoms with van der Waals surface area (Å²) in [5.74, 6) is 0. The van der Waals surface area contributed by atoms with Crippen molar-refractivity contribution >= 4 is 16.5 Å². The maximum atomic E-state index is 6.43. The summed E-state index contributed by atoms with van der Waals surface area (Å²) in [6, 6.07) is 17.3. The van der Waals surface area contributed by atoms with Gasteiger partial charge in [0.15, 0.2) is 0 Å². The Morgan fingerprint density at radius 2 is 1.48 bits per heavy atom. The van der Waals surface area contributed by atoms with E-state index in [0.717, 1.165) is 5.69 Å². The van der Waals surface area contributed by atoms with E-state index >= 15 is 0 Å². The first-order valence-electron chi connectivity index (χ1n) is 7.44. The lowest BCUT2D eigenvalue weighted by Gasteiger charge is -2.25. The normalized spacial score (nSPS) is 12.7. The van der Waals surface area contributed by atoms with E-state index in [1.165, 1.54) is 38.6 Å². The minimum atomic E-state index is 0.0260. The van der Waals surface area contributed by atoms with Crippen molar-refractivity contribution in [1.29, 1.82) is 0 Å². The van der Waals surface area contributed by atoms with Gasteiger partial charge in [-0.2, -0.15) is 0 Å². The number of hydrogen-bond acceptors (Lipinski definition) is 1. The summed E-state index contributed by atoms with van der Waals surface area (Å²) in [5.41, 5.74) is 13.9. The summed E-state index contributed by atoms with van der Waals surface area (Å²) in [4.78, 5) is 0. The van der Waals surface area contributed by atoms with Crippen LogP contribution >= 0.6 is 0 Å². The molecule has 4 rings (SSSR count). The van der Waals surface area contributed by atoms with Gasteiger partial charge in [0.25, 0.3) is 0 Å². The van der Waals surface area contributed by atoms with Crippen LogP contribution in [-0.4, -0.2) is 0 Å². The van der Waals surface area contributed by atoms with E-state index in [4.69, 9.17) is 5.73 Å². The second kappa shape index (κ2) is 3.88. The molecule has 1 nitrogen and oxygen atoms in total. The van der Waals surface area contributed by atoms with Crippen LogP contribution in [0.1, 0.15) is 26.3 Å². The Labute approximate surface area is 125 Å². The monoisotopic (exact) mass is 273 g/mol. The third-order valence-electron chi connectivity index (χ3n) is 4.43. The maximum absolute atomic E-state index is 6.43. The third-order valence-corrected chi connectivity index (χ3v) is 4.43. The second-order valence-corrected chi connectivity index (χ2v) is 6.92. The van der Waals surface area contributed by atoms with Crippen molar-refractivity contribution in [1.82, 2.24) is 0 Å². The van der Waals surface area contributed by atoms with E-state index in [9.17, 15) is 0 Å². The fraction of sp³-hybridized carbons (Fsp3) is 0.200. The molecule has 0 fully saturated rings. The average Bonchev–Trinajstić information content (AvgIpc) is 2.75. The molecule has 3 aromatic carbocycles. The van der Waals surface area contributed by atoms with Gasteiger partial charge in [-0.15, -0.1) is 0 Å². The van der Waals surface area contributed by atoms with Gasteiger partial charge < -0.3 is 5.73 Å². The molecule has 2 N–H and O–H groups in total. The topological polar surface area (TPSA) is 26.0 Å². The zero-order valence-electron chi connectivity index (χ0n) is 12.7. The molecule has 1 heteroatoms. The number of nitrogen functional groups attached to an aromatic ring is 1. The first-order valence-corrected chi connectivity index (χ1v) is 7.44. The zero-order valence-corrected chi connectivity index (χ0v) is 12.7. The van der Waals surface area contributed by atoms with Gasteiger partial charge >= 0.3 is 0 Å². The Morgan fingerprint density at radius 1 is 0.810 bits per heavy atom. The fourth-order valence-electron chi connectivity index (χ4n) is 3.72. The van der Waals surface area contributed by atoms with Crippen molar-refractivity contribution in [3.8, 4) is 22.3 Å². The number of nitrogens with two attached hydrogens (primary N) is 1. The van der Waals surface area contributed by atoms with E-state index in [2.05, 4.69) is 69.3 Å². The number of rotatable bonds is 0. The molecule has 0 spiro atoms. The van der Waals surface area contributed by atoms with Crippen molar-refractivity contribution in [3.63, 3.8) is 0 Å². The van der Waals surface area contributed by atoms with Crippen LogP contribution in [0.2, 0.25) is 0 Å². The largest absolute Gasteiger partial charge is 0.398 e. The summed E-state index contributed by atoms with van der Waals surface area (Å²) in [6.07, 6.45) is 0. The second-order valence-electron chi connectivity index (χ2n) is 6.92. The minimum Gasteiger partial charge on any atom is -0.398 e. The summed E-state index contributed by atoms with van der Waals surface area (Å²) in [7, 11) is 0. The lowest BCUT2D eigenvalue weighted by molar-refractivity contribution is 0.595. The smallest absolute Gasteiger partial charge is 0.0364 e. The molecule has 0 bridgehead atoms. The van der Waals surface area contributed by atoms with E-state index in [1.807, 2.05) is 0 Å². The molecule has 0 unspecified atom stereocenters. The predicted molar refractivity (Wildman–Crippen MR) is 91.5 cm³/mol. The van der Waals surface area contributed by atoms with Crippen LogP contribution in [0.4, 0.5) is 5.69 Å². The van der Waals surface area contributed by atoms with E-state index < -0.39 is 0 Å². The van der Waals surface area contributed by atoms with Crippen LogP contribution in [0.25, 0.3) is 33.0 Å². The molecule has 21 heavy (non-hydrogen) atoms. The van der Waals surface area contributed by atoms with Gasteiger partial charge in [0.1, 0.15) is 0 Å². The highest BCUT2D eigenvalue weighted by Crippen LogP contribution is 2.52. The van der Waals surface area contributed by atoms with Crippen LogP contribution in [0.3, 0.4) is 0 Å². The highest BCUT2D eigenvalue weighted by atomic mass is 14.6. The van der Waals surface area contributed by atoms with Crippen LogP contribution < -0.4 is 5.73 Å². The maximum Gasteiger partial charge on any atom is 0.0364 e. The van der Waals surface area contributed by atoms with Crippen LogP contribution in [0.15, 0.2) is 48.5 Å². The van der Waals surface area contributed by atoms with Crippen LogP contribution in [0, 0.1) is 0 Å². The Balaban J connectivity index is 2.28. The molecular formula is C20H19N. The lowest BCUT2D eigenvalue weighted by Crippen LogP contribution is -2.15. The summed E-state index contributed by atoms with van der Waals surface area (Å²) in [5, 5.41) is 2.60. The molecule has 0 amide bonds. The summed E-state index contributed by atoms with van der Waals surface area (Å²) in [6.45, 7) is 6.72. The SMILES string of the molecule is CC(C)(C)c1c(N)cc2cccc3c2c1-c1ccccc1-3. The highest BCUT2D eigenvalue weighted by molar-refractivity contribution is 6.17. The number of hydrogen-bond donors (Lipinski definition) is 1. The van der Waals surface area contributed by atoms with Crippen molar-refractivity contribution in [3.05, 3.63) is 54.1 Å². The standard InChI is InChI=1S/C20H19N/c1-20(2,3)19-16(21)11-12-7-6-10-14-13-8-4-5-9-15(13)18(19)17(12)14/h4-11H,21H2,1-3H3. The van der Waals surface area contributed by atoms with Gasteiger partial charge in [-0.25, -0.2) is 0 Å². The van der Waals surface area contributed by atoms with E-state index in [0.29, 0.717) is 0 Å². The number of benzene rings is 3. The molecule has 0 aromatic heterocycles. The summed E-state index contributed by atoms with van der Waals surface area (Å²) < 4.78 is 0. The van der Waals surface area contributed by atoms with Crippen molar-refractivity contribution in [2.75, 3.05) is 5.73 Å². The van der Waals surface area contributed by atoms with Crippen molar-refractivity contribution in [2.24, 2.45) is 0 Å². The molecule has 1 aliphatic carbocycles. The Hall–Kier alpha value is -2.28. The molecule has 1 aliphatic rings. The molecular weight excluding hydrogens is 254 g/mol. The lowest BCUT2D eigenvalue weighted by atomic mass is 9.80. The van der Waals surface area contributed by atoms with Gasteiger partial charge in [0, 0.05) is 5.69 Å². The molecule has 0 heterocycles. The molecule has 104 valence electrons. The Morgan fingerprint density at radius 3 is 2.19 bits per heavy atom. The molecule has 0 saturated heterocycles. The third kappa shape index (κ3) is 1.58. The van der Waals surface area contributed by atoms with E-state index in [-0.39, 0.29) is 5.41 Å². The van der Waals surface area contributed by atoms with Crippen LogP contribution in [0.5, 0.6) is 0 Å². The average molecular weight is 273 g/mol. The van der Waals surface area contributed by atoms with Crippen molar-refractivity contribution in [2.45, 2.75) is 26.2 Å². The van der Waals surface area contributed by atoms with E-state index in [1.54, 1.807) is 0 Å². The Kier molecular flexibility index (Phi) is 2.30. The molecule has 3 aromatic rings.